The zero-order chi connectivity index (χ0) is 20.9. The van der Waals surface area contributed by atoms with Gasteiger partial charge in [-0.05, 0) is 24.6 Å². The average molecular weight is 410 g/mol. The van der Waals surface area contributed by atoms with E-state index in [0.717, 1.165) is 67.8 Å². The van der Waals surface area contributed by atoms with Gasteiger partial charge < -0.3 is 23.8 Å². The number of nitrogens with zero attached hydrogens (tertiary/aromatic N) is 1. The number of piperazine rings is 1. The van der Waals surface area contributed by atoms with Crippen molar-refractivity contribution in [2.45, 2.75) is 20.0 Å². The first-order valence-electron chi connectivity index (χ1n) is 10.6. The van der Waals surface area contributed by atoms with Crippen LogP contribution in [0.5, 0.6) is 11.5 Å². The average Bonchev–Trinajstić information content (AvgIpc) is 3.25. The summed E-state index contributed by atoms with van der Waals surface area (Å²) in [6.45, 7) is 8.64. The number of ether oxygens (including phenoxy) is 2. The van der Waals surface area contributed by atoms with E-state index in [1.807, 2.05) is 18.2 Å². The van der Waals surface area contributed by atoms with Gasteiger partial charge in [-0.3, -0.25) is 0 Å². The van der Waals surface area contributed by atoms with Gasteiger partial charge in [0.25, 0.3) is 0 Å². The van der Waals surface area contributed by atoms with Gasteiger partial charge in [0.2, 0.25) is 0 Å². The Morgan fingerprint density at radius 3 is 2.17 bits per heavy atom. The third kappa shape index (κ3) is 4.66. The predicted molar refractivity (Wildman–Crippen MR) is 115 cm³/mol. The second-order valence-corrected chi connectivity index (χ2v) is 8.04. The second kappa shape index (κ2) is 9.32. The second-order valence-electron chi connectivity index (χ2n) is 8.04. The van der Waals surface area contributed by atoms with Crippen molar-refractivity contribution in [2.24, 2.45) is 0 Å². The Labute approximate surface area is 178 Å². The number of methoxy groups -OCH3 is 2. The van der Waals surface area contributed by atoms with Gasteiger partial charge >= 0.3 is 0 Å². The lowest BCUT2D eigenvalue weighted by atomic mass is 10.1. The van der Waals surface area contributed by atoms with Crippen molar-refractivity contribution in [3.8, 4) is 22.8 Å². The maximum Gasteiger partial charge on any atom is 0.167 e. The van der Waals surface area contributed by atoms with Crippen LogP contribution >= 0.6 is 0 Å². The minimum atomic E-state index is 0.797. The van der Waals surface area contributed by atoms with Crippen LogP contribution in [-0.2, 0) is 13.1 Å². The highest BCUT2D eigenvalue weighted by molar-refractivity contribution is 5.56. The van der Waals surface area contributed by atoms with E-state index in [1.54, 1.807) is 24.0 Å². The number of aromatic nitrogens is 1. The van der Waals surface area contributed by atoms with Crippen LogP contribution in [0, 0.1) is 6.92 Å². The zero-order valence-corrected chi connectivity index (χ0v) is 18.0. The molecule has 0 spiro atoms. The summed E-state index contributed by atoms with van der Waals surface area (Å²) >= 11 is 0. The van der Waals surface area contributed by atoms with Crippen LogP contribution in [0.1, 0.15) is 16.8 Å². The fraction of sp³-hybridized carbons (Fsp3) is 0.375. The molecule has 0 unspecified atom stereocenters. The molecule has 0 saturated carbocycles. The number of nitrogens with one attached hydrogen (secondary N) is 2. The van der Waals surface area contributed by atoms with Gasteiger partial charge in [0.1, 0.15) is 45.0 Å². The summed E-state index contributed by atoms with van der Waals surface area (Å²) in [5.74, 6) is 2.45. The van der Waals surface area contributed by atoms with Gasteiger partial charge in [0.05, 0.1) is 14.2 Å². The monoisotopic (exact) mass is 409 g/mol. The molecule has 1 saturated heterocycles. The number of rotatable bonds is 7. The number of hydrogen-bond acceptors (Lipinski definition) is 4. The van der Waals surface area contributed by atoms with Crippen LogP contribution in [0.3, 0.4) is 0 Å². The van der Waals surface area contributed by atoms with E-state index < -0.39 is 0 Å². The fourth-order valence-corrected chi connectivity index (χ4v) is 4.18. The first-order chi connectivity index (χ1) is 14.7. The predicted octanol–water partition coefficient (Wildman–Crippen LogP) is 1.15. The molecule has 158 valence electrons. The van der Waals surface area contributed by atoms with E-state index >= 15 is 0 Å². The Morgan fingerprint density at radius 1 is 0.867 bits per heavy atom. The van der Waals surface area contributed by atoms with Crippen molar-refractivity contribution in [3.05, 3.63) is 65.4 Å². The summed E-state index contributed by atoms with van der Waals surface area (Å²) in [7, 11) is 3.38. The van der Waals surface area contributed by atoms with Gasteiger partial charge in [-0.15, -0.1) is 0 Å². The zero-order valence-electron chi connectivity index (χ0n) is 18.0. The van der Waals surface area contributed by atoms with Crippen molar-refractivity contribution < 1.29 is 23.8 Å². The molecule has 1 aliphatic heterocycles. The standard InChI is InChI=1S/C24H29N3O3/c1-18-13-23(28-2)24(29-3)14-20(18)16-26-9-11-27(12-10-26)17-21-15-22(30-25-21)19-7-5-4-6-8-19/h4-8,13-15H,9-12,16-17H2,1-3H3/p+2. The van der Waals surface area contributed by atoms with Gasteiger partial charge in [0.15, 0.2) is 17.3 Å². The van der Waals surface area contributed by atoms with Gasteiger partial charge in [-0.1, -0.05) is 35.5 Å². The Balaban J connectivity index is 1.32. The molecule has 0 amide bonds. The quantitative estimate of drug-likeness (QED) is 0.615. The Hall–Kier alpha value is -2.83. The van der Waals surface area contributed by atoms with Crippen molar-refractivity contribution in [1.29, 1.82) is 0 Å². The molecule has 0 radical (unpaired) electrons. The van der Waals surface area contributed by atoms with Crippen molar-refractivity contribution in [3.63, 3.8) is 0 Å². The minimum Gasteiger partial charge on any atom is -0.493 e. The molecule has 0 aliphatic carbocycles. The SMILES string of the molecule is COc1cc(C)c(C[NH+]2CC[NH+](Cc3cc(-c4ccccc4)on3)CC2)cc1OC. The lowest BCUT2D eigenvalue weighted by Crippen LogP contribution is -3.27. The molecule has 0 bridgehead atoms. The topological polar surface area (TPSA) is 53.4 Å². The molecule has 0 atom stereocenters. The van der Waals surface area contributed by atoms with Gasteiger partial charge in [-0.25, -0.2) is 0 Å². The van der Waals surface area contributed by atoms with E-state index in [4.69, 9.17) is 14.0 Å². The van der Waals surface area contributed by atoms with Crippen LogP contribution in [0.25, 0.3) is 11.3 Å². The van der Waals surface area contributed by atoms with E-state index in [1.165, 1.54) is 11.1 Å². The van der Waals surface area contributed by atoms with E-state index in [0.29, 0.717) is 0 Å². The molecule has 1 aromatic heterocycles. The van der Waals surface area contributed by atoms with E-state index in [9.17, 15) is 0 Å². The lowest BCUT2D eigenvalue weighted by molar-refractivity contribution is -1.02. The summed E-state index contributed by atoms with van der Waals surface area (Å²) < 4.78 is 16.5. The van der Waals surface area contributed by atoms with Crippen LogP contribution in [-0.4, -0.2) is 45.6 Å². The molecule has 6 nitrogen and oxygen atoms in total. The summed E-state index contributed by atoms with van der Waals surface area (Å²) in [4.78, 5) is 3.18. The Morgan fingerprint density at radius 2 is 1.50 bits per heavy atom. The lowest BCUT2D eigenvalue weighted by Gasteiger charge is -2.29. The van der Waals surface area contributed by atoms with Crippen molar-refractivity contribution >= 4 is 0 Å². The minimum absolute atomic E-state index is 0.797. The van der Waals surface area contributed by atoms with E-state index in [2.05, 4.69) is 42.4 Å². The van der Waals surface area contributed by atoms with Crippen LogP contribution in [0.15, 0.2) is 53.1 Å². The molecule has 1 aliphatic rings. The summed E-state index contributed by atoms with van der Waals surface area (Å²) in [5, 5.41) is 4.29. The van der Waals surface area contributed by atoms with Crippen LogP contribution in [0.4, 0.5) is 0 Å². The molecule has 6 heteroatoms. The van der Waals surface area contributed by atoms with Crippen LogP contribution < -0.4 is 19.3 Å². The molecule has 1 fully saturated rings. The smallest absolute Gasteiger partial charge is 0.167 e. The van der Waals surface area contributed by atoms with Crippen LogP contribution in [0.2, 0.25) is 0 Å². The fourth-order valence-electron chi connectivity index (χ4n) is 4.18. The van der Waals surface area contributed by atoms with Gasteiger partial charge in [-0.2, -0.15) is 0 Å². The molecule has 2 heterocycles. The Bertz CT molecular complexity index is 963. The molecular formula is C24H31N3O3+2. The Kier molecular flexibility index (Phi) is 6.35. The highest BCUT2D eigenvalue weighted by atomic mass is 16.5. The van der Waals surface area contributed by atoms with Crippen molar-refractivity contribution in [1.82, 2.24) is 5.16 Å². The summed E-state index contributed by atoms with van der Waals surface area (Å²) in [6, 6.07) is 16.4. The molecule has 30 heavy (non-hydrogen) atoms. The maximum atomic E-state index is 5.56. The third-order valence-corrected chi connectivity index (χ3v) is 6.00. The number of hydrogen-bond donors (Lipinski definition) is 2. The maximum absolute atomic E-state index is 5.56. The van der Waals surface area contributed by atoms with E-state index in [-0.39, 0.29) is 0 Å². The molecule has 4 rings (SSSR count). The molecular weight excluding hydrogens is 378 g/mol. The number of aryl methyl sites for hydroxylation is 1. The first-order valence-corrected chi connectivity index (χ1v) is 10.6. The highest BCUT2D eigenvalue weighted by Crippen LogP contribution is 2.29. The summed E-state index contributed by atoms with van der Waals surface area (Å²) in [6.07, 6.45) is 0. The normalized spacial score (nSPS) is 18.9. The third-order valence-electron chi connectivity index (χ3n) is 6.00. The molecule has 2 aromatic carbocycles. The van der Waals surface area contributed by atoms with Crippen molar-refractivity contribution in [2.75, 3.05) is 40.4 Å². The number of benzene rings is 2. The summed E-state index contributed by atoms with van der Waals surface area (Å²) in [5.41, 5.74) is 4.69. The highest BCUT2D eigenvalue weighted by Gasteiger charge is 2.25. The first kappa shape index (κ1) is 20.4. The van der Waals surface area contributed by atoms with Gasteiger partial charge in [0, 0.05) is 17.2 Å². The largest absolute Gasteiger partial charge is 0.493 e. The number of quaternary nitrogens is 2. The molecule has 3 aromatic rings. The molecule has 2 N–H and O–H groups in total.